The number of ether oxygens (including phenoxy) is 1. The second-order valence-electron chi connectivity index (χ2n) is 9.48. The molecule has 4 aromatic rings. The van der Waals surface area contributed by atoms with Gasteiger partial charge in [-0.1, -0.05) is 35.9 Å². The summed E-state index contributed by atoms with van der Waals surface area (Å²) in [5.41, 5.74) is 4.72. The van der Waals surface area contributed by atoms with Gasteiger partial charge in [-0.15, -0.1) is 0 Å². The number of carboxylic acids is 1. The molecule has 6 nitrogen and oxygen atoms in total. The molecule has 0 spiro atoms. The fourth-order valence-corrected chi connectivity index (χ4v) is 4.93. The minimum Gasteiger partial charge on any atom is -0.478 e. The molecule has 4 rings (SSSR count). The van der Waals surface area contributed by atoms with Gasteiger partial charge in [-0.3, -0.25) is 4.68 Å². The van der Waals surface area contributed by atoms with Crippen LogP contribution in [0, 0.1) is 13.8 Å². The number of thiophene rings is 1. The molecule has 0 radical (unpaired) electrons. The molecule has 0 aliphatic rings. The van der Waals surface area contributed by atoms with E-state index in [4.69, 9.17) is 21.4 Å². The molecule has 0 aliphatic heterocycles. The lowest BCUT2D eigenvalue weighted by molar-refractivity contribution is -0.152. The summed E-state index contributed by atoms with van der Waals surface area (Å²) < 4.78 is 7.80. The molecule has 8 heteroatoms. The largest absolute Gasteiger partial charge is 0.478 e. The van der Waals surface area contributed by atoms with Crippen molar-refractivity contribution in [2.24, 2.45) is 7.05 Å². The molecule has 2 aromatic carbocycles. The third-order valence-electron chi connectivity index (χ3n) is 6.04. The highest BCUT2D eigenvalue weighted by Gasteiger charge is 2.30. The zero-order valence-corrected chi connectivity index (χ0v) is 22.7. The fraction of sp³-hybridized carbons (Fsp3) is 0.286. The maximum Gasteiger partial charge on any atom is 0.347 e. The van der Waals surface area contributed by atoms with Gasteiger partial charge < -0.3 is 14.7 Å². The molecule has 0 atom stereocenters. The van der Waals surface area contributed by atoms with Gasteiger partial charge in [0, 0.05) is 36.8 Å². The molecule has 0 unspecified atom stereocenters. The molecule has 0 aliphatic carbocycles. The summed E-state index contributed by atoms with van der Waals surface area (Å²) in [6, 6.07) is 16.1. The Hall–Kier alpha value is -3.29. The maximum absolute atomic E-state index is 11.6. The topological polar surface area (TPSA) is 67.6 Å². The molecule has 1 N–H and O–H groups in total. The van der Waals surface area contributed by atoms with Crippen LogP contribution in [-0.2, 0) is 24.9 Å². The number of aliphatic carboxylic acids is 1. The van der Waals surface area contributed by atoms with Crippen LogP contribution in [0.2, 0.25) is 5.02 Å². The molecule has 0 saturated carbocycles. The normalized spacial score (nSPS) is 11.5. The van der Waals surface area contributed by atoms with Crippen molar-refractivity contribution in [3.63, 3.8) is 0 Å². The zero-order valence-electron chi connectivity index (χ0n) is 21.1. The Morgan fingerprint density at radius 2 is 1.72 bits per heavy atom. The van der Waals surface area contributed by atoms with Crippen molar-refractivity contribution in [3.05, 3.63) is 86.6 Å². The van der Waals surface area contributed by atoms with Crippen molar-refractivity contribution in [2.75, 3.05) is 4.90 Å². The number of hydrogen-bond donors (Lipinski definition) is 1. The number of hydrogen-bond acceptors (Lipinski definition) is 5. The lowest BCUT2D eigenvalue weighted by Crippen LogP contribution is -2.38. The van der Waals surface area contributed by atoms with Crippen LogP contribution in [-0.4, -0.2) is 26.5 Å². The van der Waals surface area contributed by atoms with Crippen LogP contribution >= 0.6 is 22.9 Å². The number of benzene rings is 2. The minimum absolute atomic E-state index is 0.612. The second-order valence-corrected chi connectivity index (χ2v) is 10.7. The fourth-order valence-electron chi connectivity index (χ4n) is 4.15. The third-order valence-corrected chi connectivity index (χ3v) is 7.02. The molecular formula is C28H30ClN3O3S. The molecule has 2 heterocycles. The zero-order chi connectivity index (χ0) is 26.0. The first-order chi connectivity index (χ1) is 17.0. The Labute approximate surface area is 220 Å². The van der Waals surface area contributed by atoms with Crippen molar-refractivity contribution in [1.29, 1.82) is 0 Å². The van der Waals surface area contributed by atoms with Gasteiger partial charge in [-0.25, -0.2) is 4.79 Å². The smallest absolute Gasteiger partial charge is 0.347 e. The standard InChI is InChI=1S/C28H30ClN3O3S/c1-18-12-21(13-19(2)26(18)35-28(3,4)27(33)34)16-32(15-20-10-11-36-17-20)25-14-24(30-31(25)5)22-6-8-23(29)9-7-22/h6-14,17H,15-16H2,1-5H3,(H,33,34). The first-order valence-electron chi connectivity index (χ1n) is 11.6. The van der Waals surface area contributed by atoms with Crippen LogP contribution in [0.5, 0.6) is 5.75 Å². The van der Waals surface area contributed by atoms with E-state index in [0.717, 1.165) is 40.3 Å². The minimum atomic E-state index is -1.31. The molecule has 0 bridgehead atoms. The number of carboxylic acid groups (broad SMARTS) is 1. The molecule has 188 valence electrons. The quantitative estimate of drug-likeness (QED) is 0.259. The van der Waals surface area contributed by atoms with E-state index in [2.05, 4.69) is 39.9 Å². The van der Waals surface area contributed by atoms with E-state index >= 15 is 0 Å². The van der Waals surface area contributed by atoms with Crippen LogP contribution in [0.25, 0.3) is 11.3 Å². The van der Waals surface area contributed by atoms with E-state index in [1.54, 1.807) is 25.2 Å². The van der Waals surface area contributed by atoms with Gasteiger partial charge in [0.05, 0.1) is 5.69 Å². The molecular weight excluding hydrogens is 494 g/mol. The van der Waals surface area contributed by atoms with Crippen molar-refractivity contribution in [3.8, 4) is 17.0 Å². The van der Waals surface area contributed by atoms with Crippen LogP contribution in [0.4, 0.5) is 5.82 Å². The molecule has 0 saturated heterocycles. The van der Waals surface area contributed by atoms with Crippen LogP contribution in [0.15, 0.2) is 59.3 Å². The van der Waals surface area contributed by atoms with Crippen molar-refractivity contribution in [1.82, 2.24) is 9.78 Å². The summed E-state index contributed by atoms with van der Waals surface area (Å²) in [5.74, 6) is 0.606. The summed E-state index contributed by atoms with van der Waals surface area (Å²) in [7, 11) is 1.96. The molecule has 36 heavy (non-hydrogen) atoms. The Bertz CT molecular complexity index is 1340. The van der Waals surface area contributed by atoms with Gasteiger partial charge in [-0.2, -0.15) is 16.4 Å². The first-order valence-corrected chi connectivity index (χ1v) is 12.9. The van der Waals surface area contributed by atoms with Crippen molar-refractivity contribution < 1.29 is 14.6 Å². The van der Waals surface area contributed by atoms with E-state index in [9.17, 15) is 9.90 Å². The number of anilines is 1. The number of aryl methyl sites for hydroxylation is 3. The Morgan fingerprint density at radius 3 is 2.31 bits per heavy atom. The van der Waals surface area contributed by atoms with E-state index in [1.165, 1.54) is 5.56 Å². The van der Waals surface area contributed by atoms with Gasteiger partial charge in [0.25, 0.3) is 0 Å². The van der Waals surface area contributed by atoms with E-state index in [-0.39, 0.29) is 0 Å². The first kappa shape index (κ1) is 25.8. The molecule has 0 amide bonds. The summed E-state index contributed by atoms with van der Waals surface area (Å²) in [6.07, 6.45) is 0. The SMILES string of the molecule is Cc1cc(CN(Cc2ccsc2)c2cc(-c3ccc(Cl)cc3)nn2C)cc(C)c1OC(C)(C)C(=O)O. The average Bonchev–Trinajstić information content (AvgIpc) is 3.46. The Balaban J connectivity index is 1.67. The second kappa shape index (κ2) is 10.4. The predicted molar refractivity (Wildman–Crippen MR) is 146 cm³/mol. The van der Waals surface area contributed by atoms with Crippen molar-refractivity contribution in [2.45, 2.75) is 46.4 Å². The maximum atomic E-state index is 11.6. The van der Waals surface area contributed by atoms with Crippen molar-refractivity contribution >= 4 is 34.7 Å². The average molecular weight is 524 g/mol. The van der Waals surface area contributed by atoms with Crippen LogP contribution in [0.1, 0.15) is 36.1 Å². The molecule has 0 fully saturated rings. The third kappa shape index (κ3) is 5.74. The number of halogens is 1. The highest BCUT2D eigenvalue weighted by Crippen LogP contribution is 2.31. The van der Waals surface area contributed by atoms with Gasteiger partial charge in [0.2, 0.25) is 0 Å². The van der Waals surface area contributed by atoms with Crippen LogP contribution < -0.4 is 9.64 Å². The highest BCUT2D eigenvalue weighted by atomic mass is 35.5. The lowest BCUT2D eigenvalue weighted by Gasteiger charge is -2.27. The summed E-state index contributed by atoms with van der Waals surface area (Å²) in [4.78, 5) is 13.9. The Kier molecular flexibility index (Phi) is 7.43. The molecule has 2 aromatic heterocycles. The number of aromatic nitrogens is 2. The summed E-state index contributed by atoms with van der Waals surface area (Å²) >= 11 is 7.75. The lowest BCUT2D eigenvalue weighted by atomic mass is 10.0. The van der Waals surface area contributed by atoms with Gasteiger partial charge in [-0.05, 0) is 78.9 Å². The highest BCUT2D eigenvalue weighted by molar-refractivity contribution is 7.07. The van der Waals surface area contributed by atoms with E-state index in [0.29, 0.717) is 17.3 Å². The monoisotopic (exact) mass is 523 g/mol. The summed E-state index contributed by atoms with van der Waals surface area (Å²) in [5, 5.41) is 19.2. The van der Waals surface area contributed by atoms with E-state index in [1.807, 2.05) is 49.8 Å². The van der Waals surface area contributed by atoms with Crippen LogP contribution in [0.3, 0.4) is 0 Å². The van der Waals surface area contributed by atoms with Gasteiger partial charge in [0.15, 0.2) is 5.60 Å². The summed E-state index contributed by atoms with van der Waals surface area (Å²) in [6.45, 7) is 8.41. The van der Waals surface area contributed by atoms with Gasteiger partial charge in [0.1, 0.15) is 11.6 Å². The number of carbonyl (C=O) groups is 1. The van der Waals surface area contributed by atoms with E-state index < -0.39 is 11.6 Å². The van der Waals surface area contributed by atoms with Gasteiger partial charge >= 0.3 is 5.97 Å². The Morgan fingerprint density at radius 1 is 1.08 bits per heavy atom. The predicted octanol–water partition coefficient (Wildman–Crippen LogP) is 6.87. The number of nitrogens with zero attached hydrogens (tertiary/aromatic N) is 3. The number of rotatable bonds is 9.